The van der Waals surface area contributed by atoms with Gasteiger partial charge in [0, 0.05) is 30.6 Å². The van der Waals surface area contributed by atoms with Gasteiger partial charge >= 0.3 is 0 Å². The molecule has 0 fully saturated rings. The third-order valence-corrected chi connectivity index (χ3v) is 3.38. The molecule has 2 unspecified atom stereocenters. The second kappa shape index (κ2) is 10.2. The van der Waals surface area contributed by atoms with Crippen LogP contribution in [0.3, 0.4) is 0 Å². The highest BCUT2D eigenvalue weighted by Crippen LogP contribution is 2.10. The molecule has 1 aromatic rings. The molecular weight excluding hydrogens is 302 g/mol. The van der Waals surface area contributed by atoms with Gasteiger partial charge in [0.15, 0.2) is 0 Å². The molecule has 6 heteroatoms. The summed E-state index contributed by atoms with van der Waals surface area (Å²) in [6.07, 6.45) is 1.35. The number of anilines is 1. The van der Waals surface area contributed by atoms with Crippen LogP contribution in [0.5, 0.6) is 0 Å². The molecule has 0 saturated carbocycles. The van der Waals surface area contributed by atoms with Crippen LogP contribution in [0.2, 0.25) is 0 Å². The minimum Gasteiger partial charge on any atom is -0.352 e. The normalized spacial score (nSPS) is 12.7. The molecule has 0 saturated heterocycles. The van der Waals surface area contributed by atoms with Crippen molar-refractivity contribution in [2.24, 2.45) is 11.7 Å². The van der Waals surface area contributed by atoms with E-state index in [4.69, 9.17) is 5.73 Å². The fraction of sp³-hybridized carbons (Fsp3) is 0.500. The SMILES string of the molecule is CCCC(=O)Nc1ccc(CNC(=O)C(C)C(C)N)cc1.Cl. The number of hydrogen-bond donors (Lipinski definition) is 3. The summed E-state index contributed by atoms with van der Waals surface area (Å²) in [5.74, 6) is -0.243. The van der Waals surface area contributed by atoms with E-state index < -0.39 is 0 Å². The third kappa shape index (κ3) is 6.91. The van der Waals surface area contributed by atoms with Gasteiger partial charge in [0.05, 0.1) is 0 Å². The Bertz CT molecular complexity index is 475. The van der Waals surface area contributed by atoms with E-state index in [9.17, 15) is 9.59 Å². The lowest BCUT2D eigenvalue weighted by Crippen LogP contribution is -2.38. The lowest BCUT2D eigenvalue weighted by Gasteiger charge is -2.15. The zero-order valence-corrected chi connectivity index (χ0v) is 14.2. The van der Waals surface area contributed by atoms with Crippen LogP contribution in [0.4, 0.5) is 5.69 Å². The van der Waals surface area contributed by atoms with Crippen LogP contribution >= 0.6 is 12.4 Å². The Morgan fingerprint density at radius 1 is 1.18 bits per heavy atom. The maximum Gasteiger partial charge on any atom is 0.224 e. The summed E-state index contributed by atoms with van der Waals surface area (Å²) < 4.78 is 0. The summed E-state index contributed by atoms with van der Waals surface area (Å²) in [7, 11) is 0. The first-order chi connectivity index (χ1) is 9.93. The maximum absolute atomic E-state index is 11.8. The zero-order chi connectivity index (χ0) is 15.8. The van der Waals surface area contributed by atoms with E-state index in [2.05, 4.69) is 10.6 Å². The predicted octanol–water partition coefficient (Wildman–Crippen LogP) is 2.45. The van der Waals surface area contributed by atoms with E-state index in [0.29, 0.717) is 13.0 Å². The molecule has 22 heavy (non-hydrogen) atoms. The highest BCUT2D eigenvalue weighted by molar-refractivity contribution is 5.90. The third-order valence-electron chi connectivity index (χ3n) is 3.38. The molecule has 2 atom stereocenters. The van der Waals surface area contributed by atoms with Crippen molar-refractivity contribution in [2.45, 2.75) is 46.2 Å². The van der Waals surface area contributed by atoms with E-state index in [0.717, 1.165) is 17.7 Å². The molecule has 0 spiro atoms. The number of benzene rings is 1. The molecule has 2 amide bonds. The van der Waals surface area contributed by atoms with Gasteiger partial charge in [-0.2, -0.15) is 0 Å². The monoisotopic (exact) mass is 327 g/mol. The Balaban J connectivity index is 0.00000441. The molecule has 4 N–H and O–H groups in total. The van der Waals surface area contributed by atoms with E-state index in [1.54, 1.807) is 0 Å². The summed E-state index contributed by atoms with van der Waals surface area (Å²) in [4.78, 5) is 23.3. The molecule has 5 nitrogen and oxygen atoms in total. The van der Waals surface area contributed by atoms with Gasteiger partial charge in [-0.05, 0) is 31.0 Å². The first-order valence-electron chi connectivity index (χ1n) is 7.36. The quantitative estimate of drug-likeness (QED) is 0.719. The first-order valence-corrected chi connectivity index (χ1v) is 7.36. The lowest BCUT2D eigenvalue weighted by atomic mass is 10.0. The van der Waals surface area contributed by atoms with Crippen LogP contribution in [0.1, 0.15) is 39.2 Å². The second-order valence-electron chi connectivity index (χ2n) is 5.36. The minimum absolute atomic E-state index is 0. The van der Waals surface area contributed by atoms with Crippen molar-refractivity contribution in [1.82, 2.24) is 5.32 Å². The number of nitrogens with one attached hydrogen (secondary N) is 2. The molecule has 0 aromatic heterocycles. The van der Waals surface area contributed by atoms with Gasteiger partial charge in [-0.15, -0.1) is 12.4 Å². The Morgan fingerprint density at radius 2 is 1.77 bits per heavy atom. The highest BCUT2D eigenvalue weighted by Gasteiger charge is 2.16. The van der Waals surface area contributed by atoms with Crippen LogP contribution in [-0.4, -0.2) is 17.9 Å². The van der Waals surface area contributed by atoms with Gasteiger partial charge in [0.2, 0.25) is 11.8 Å². The fourth-order valence-electron chi connectivity index (χ4n) is 1.75. The van der Waals surface area contributed by atoms with Gasteiger partial charge in [-0.1, -0.05) is 26.0 Å². The highest BCUT2D eigenvalue weighted by atomic mass is 35.5. The van der Waals surface area contributed by atoms with Crippen molar-refractivity contribution in [2.75, 3.05) is 5.32 Å². The van der Waals surface area contributed by atoms with Gasteiger partial charge < -0.3 is 16.4 Å². The number of hydrogen-bond acceptors (Lipinski definition) is 3. The summed E-state index contributed by atoms with van der Waals surface area (Å²) in [5.41, 5.74) is 7.45. The van der Waals surface area contributed by atoms with Crippen molar-refractivity contribution >= 4 is 29.9 Å². The van der Waals surface area contributed by atoms with Crippen LogP contribution in [-0.2, 0) is 16.1 Å². The van der Waals surface area contributed by atoms with E-state index >= 15 is 0 Å². The van der Waals surface area contributed by atoms with Crippen molar-refractivity contribution in [3.05, 3.63) is 29.8 Å². The summed E-state index contributed by atoms with van der Waals surface area (Å²) in [5, 5.41) is 5.68. The summed E-state index contributed by atoms with van der Waals surface area (Å²) in [6, 6.07) is 7.28. The van der Waals surface area contributed by atoms with Gasteiger partial charge in [0.1, 0.15) is 0 Å². The molecule has 0 heterocycles. The molecular formula is C16H26ClN3O2. The van der Waals surface area contributed by atoms with Crippen LogP contribution in [0, 0.1) is 5.92 Å². The predicted molar refractivity (Wildman–Crippen MR) is 91.9 cm³/mol. The molecule has 0 radical (unpaired) electrons. The number of nitrogens with two attached hydrogens (primary N) is 1. The Hall–Kier alpha value is -1.59. The van der Waals surface area contributed by atoms with Crippen molar-refractivity contribution in [3.8, 4) is 0 Å². The number of carbonyl (C=O) groups is 2. The fourth-order valence-corrected chi connectivity index (χ4v) is 1.75. The molecule has 124 valence electrons. The summed E-state index contributed by atoms with van der Waals surface area (Å²) >= 11 is 0. The molecule has 0 bridgehead atoms. The largest absolute Gasteiger partial charge is 0.352 e. The molecule has 1 rings (SSSR count). The number of rotatable bonds is 7. The first kappa shape index (κ1) is 20.4. The average Bonchev–Trinajstić information content (AvgIpc) is 2.45. The Kier molecular flexibility index (Phi) is 9.45. The van der Waals surface area contributed by atoms with Crippen LogP contribution in [0.15, 0.2) is 24.3 Å². The summed E-state index contributed by atoms with van der Waals surface area (Å²) in [6.45, 7) is 6.05. The number of carbonyl (C=O) groups excluding carboxylic acids is 2. The Morgan fingerprint density at radius 3 is 2.27 bits per heavy atom. The molecule has 0 aliphatic carbocycles. The van der Waals surface area contributed by atoms with Gasteiger partial charge in [-0.3, -0.25) is 9.59 Å². The number of amides is 2. The Labute approximate surface area is 138 Å². The topological polar surface area (TPSA) is 84.2 Å². The minimum atomic E-state index is -0.211. The average molecular weight is 328 g/mol. The molecule has 0 aliphatic heterocycles. The lowest BCUT2D eigenvalue weighted by molar-refractivity contribution is -0.125. The maximum atomic E-state index is 11.8. The van der Waals surface area contributed by atoms with Crippen LogP contribution in [0.25, 0.3) is 0 Å². The molecule has 0 aliphatic rings. The van der Waals surface area contributed by atoms with Gasteiger partial charge in [-0.25, -0.2) is 0 Å². The second-order valence-corrected chi connectivity index (χ2v) is 5.36. The van der Waals surface area contributed by atoms with Crippen molar-refractivity contribution < 1.29 is 9.59 Å². The number of halogens is 1. The van der Waals surface area contributed by atoms with E-state index in [1.165, 1.54) is 0 Å². The standard InChI is InChI=1S/C16H25N3O2.ClH/c1-4-5-15(20)19-14-8-6-13(7-9-14)10-18-16(21)11(2)12(3)17;/h6-9,11-12H,4-5,10,17H2,1-3H3,(H,18,21)(H,19,20);1H. The van der Waals surface area contributed by atoms with Crippen molar-refractivity contribution in [3.63, 3.8) is 0 Å². The molecule has 1 aromatic carbocycles. The zero-order valence-electron chi connectivity index (χ0n) is 13.4. The smallest absolute Gasteiger partial charge is 0.224 e. The van der Waals surface area contributed by atoms with Gasteiger partial charge in [0.25, 0.3) is 0 Å². The van der Waals surface area contributed by atoms with E-state index in [-0.39, 0.29) is 36.2 Å². The van der Waals surface area contributed by atoms with Crippen molar-refractivity contribution in [1.29, 1.82) is 0 Å². The van der Waals surface area contributed by atoms with Crippen LogP contribution < -0.4 is 16.4 Å². The van der Waals surface area contributed by atoms with E-state index in [1.807, 2.05) is 45.0 Å².